The first-order valence-corrected chi connectivity index (χ1v) is 6.57. The highest BCUT2D eigenvalue weighted by atomic mass is 32.2. The summed E-state index contributed by atoms with van der Waals surface area (Å²) in [4.78, 5) is 25.2. The second-order valence-corrected chi connectivity index (χ2v) is 4.27. The minimum Gasteiger partial charge on any atom is -0.362 e. The predicted molar refractivity (Wildman–Crippen MR) is 69.2 cm³/mol. The molecule has 1 aromatic rings. The number of alkyl halides is 3. The average molecular weight is 311 g/mol. The molecule has 0 spiro atoms. The molecular formula is C11H14F3N2O3S+. The largest absolute Gasteiger partial charge is 0.470 e. The highest BCUT2D eigenvalue weighted by Gasteiger charge is 2.35. The van der Waals surface area contributed by atoms with Gasteiger partial charge >= 0.3 is 17.8 Å². The maximum atomic E-state index is 11.1. The molecule has 0 aliphatic rings. The molecule has 1 rings (SSSR count). The van der Waals surface area contributed by atoms with Crippen LogP contribution in [0.5, 0.6) is 0 Å². The molecule has 0 unspecified atom stereocenters. The number of amides is 1. The van der Waals surface area contributed by atoms with Gasteiger partial charge in [0.05, 0.1) is 4.91 Å². The second kappa shape index (κ2) is 8.41. The van der Waals surface area contributed by atoms with Gasteiger partial charge in [0.25, 0.3) is 4.92 Å². The maximum absolute atomic E-state index is 11.1. The van der Waals surface area contributed by atoms with Gasteiger partial charge in [-0.15, -0.1) is 0 Å². The van der Waals surface area contributed by atoms with Crippen molar-refractivity contribution in [3.05, 3.63) is 34.7 Å². The van der Waals surface area contributed by atoms with Gasteiger partial charge in [-0.05, 0) is 11.8 Å². The minimum absolute atomic E-state index is 0.504. The van der Waals surface area contributed by atoms with Crippen molar-refractivity contribution in [2.24, 2.45) is 5.73 Å². The average Bonchev–Trinajstić information content (AvgIpc) is 2.38. The lowest BCUT2D eigenvalue weighted by Gasteiger charge is -1.95. The normalized spacial score (nSPS) is 10.2. The lowest BCUT2D eigenvalue weighted by atomic mass is 10.2. The van der Waals surface area contributed by atoms with Gasteiger partial charge in [0, 0.05) is 17.9 Å². The van der Waals surface area contributed by atoms with Gasteiger partial charge in [0.2, 0.25) is 0 Å². The summed E-state index contributed by atoms with van der Waals surface area (Å²) >= 11 is 1.72. The summed E-state index contributed by atoms with van der Waals surface area (Å²) in [7, 11) is 1.36. The van der Waals surface area contributed by atoms with Gasteiger partial charge in [0.15, 0.2) is 7.11 Å². The fourth-order valence-electron chi connectivity index (χ4n) is 1.03. The summed E-state index contributed by atoms with van der Waals surface area (Å²) in [5.41, 5.74) is 5.47. The molecule has 0 heterocycles. The highest BCUT2D eigenvalue weighted by Crippen LogP contribution is 2.16. The fourth-order valence-corrected chi connectivity index (χ4v) is 1.54. The van der Waals surface area contributed by atoms with Crippen LogP contribution in [-0.2, 0) is 15.4 Å². The topological polar surface area (TPSA) is 72.4 Å². The Kier molecular flexibility index (Phi) is 7.67. The van der Waals surface area contributed by atoms with Crippen molar-refractivity contribution in [1.29, 1.82) is 0 Å². The van der Waals surface area contributed by atoms with Gasteiger partial charge in [0.1, 0.15) is 0 Å². The van der Waals surface area contributed by atoms with Crippen LogP contribution in [-0.4, -0.2) is 30.4 Å². The monoisotopic (exact) mass is 311 g/mol. The molecular weight excluding hydrogens is 297 g/mol. The van der Waals surface area contributed by atoms with E-state index in [2.05, 4.69) is 10.6 Å². The van der Waals surface area contributed by atoms with Crippen LogP contribution in [0.2, 0.25) is 0 Å². The third-order valence-corrected chi connectivity index (χ3v) is 2.50. The van der Waals surface area contributed by atoms with Gasteiger partial charge < -0.3 is 5.73 Å². The Balaban J connectivity index is 0.000000441. The van der Waals surface area contributed by atoms with Crippen LogP contribution in [0, 0.1) is 4.91 Å². The van der Waals surface area contributed by atoms with E-state index in [0.717, 1.165) is 11.3 Å². The Hall–Kier alpha value is -1.77. The molecule has 0 aromatic heterocycles. The van der Waals surface area contributed by atoms with Crippen molar-refractivity contribution < 1.29 is 27.7 Å². The number of thioether (sulfide) groups is 1. The zero-order valence-electron chi connectivity index (χ0n) is 10.8. The van der Waals surface area contributed by atoms with E-state index < -0.39 is 12.1 Å². The van der Waals surface area contributed by atoms with E-state index in [1.54, 1.807) is 17.8 Å². The maximum Gasteiger partial charge on any atom is 0.470 e. The molecule has 112 valence electrons. The first kappa shape index (κ1) is 18.2. The van der Waals surface area contributed by atoms with E-state index in [0.29, 0.717) is 10.6 Å². The number of rotatable bonds is 4. The lowest BCUT2D eigenvalue weighted by Crippen LogP contribution is -2.30. The summed E-state index contributed by atoms with van der Waals surface area (Å²) in [5, 5.41) is 0. The molecule has 0 fully saturated rings. The van der Waals surface area contributed by atoms with Crippen molar-refractivity contribution in [3.8, 4) is 0 Å². The molecule has 0 atom stereocenters. The van der Waals surface area contributed by atoms with Crippen molar-refractivity contribution in [3.63, 3.8) is 0 Å². The number of nitrogens with zero attached hydrogens (tertiary/aromatic N) is 1. The molecule has 2 N–H and O–H groups in total. The number of carbonyl (C=O) groups is 1. The molecule has 20 heavy (non-hydrogen) atoms. The van der Waals surface area contributed by atoms with Crippen LogP contribution in [0.1, 0.15) is 5.56 Å². The minimum atomic E-state index is -4.86. The summed E-state index contributed by atoms with van der Waals surface area (Å²) in [6, 6.07) is 7.39. The number of nitrogens with two attached hydrogens (primary N) is 1. The van der Waals surface area contributed by atoms with Crippen LogP contribution >= 0.6 is 11.8 Å². The highest BCUT2D eigenvalue weighted by molar-refractivity contribution is 7.97. The Morgan fingerprint density at radius 3 is 2.40 bits per heavy atom. The zero-order valence-corrected chi connectivity index (χ0v) is 11.6. The van der Waals surface area contributed by atoms with E-state index in [1.165, 1.54) is 7.11 Å². The van der Waals surface area contributed by atoms with Gasteiger partial charge in [-0.1, -0.05) is 12.1 Å². The Morgan fingerprint density at radius 1 is 1.45 bits per heavy atom. The quantitative estimate of drug-likeness (QED) is 0.867. The third kappa shape index (κ3) is 6.98. The van der Waals surface area contributed by atoms with E-state index in [-0.39, 0.29) is 0 Å². The number of halogens is 3. The van der Waals surface area contributed by atoms with Crippen molar-refractivity contribution in [2.75, 3.05) is 13.4 Å². The smallest absolute Gasteiger partial charge is 0.362 e. The molecule has 5 nitrogen and oxygen atoms in total. The molecule has 9 heteroatoms. The third-order valence-electron chi connectivity index (χ3n) is 1.88. The number of carbonyl (C=O) groups excluding carboxylic acids is 1. The second-order valence-electron chi connectivity index (χ2n) is 3.40. The van der Waals surface area contributed by atoms with Crippen molar-refractivity contribution in [1.82, 2.24) is 0 Å². The van der Waals surface area contributed by atoms with Crippen LogP contribution in [0.15, 0.2) is 24.3 Å². The lowest BCUT2D eigenvalue weighted by molar-refractivity contribution is -0.736. The Morgan fingerprint density at radius 2 is 2.00 bits per heavy atom. The summed E-state index contributed by atoms with van der Waals surface area (Å²) in [6.07, 6.45) is -2.84. The van der Waals surface area contributed by atoms with Crippen molar-refractivity contribution >= 4 is 23.4 Å². The van der Waals surface area contributed by atoms with E-state index in [9.17, 15) is 18.1 Å². The molecule has 1 aromatic carbocycles. The molecule has 0 aliphatic carbocycles. The molecule has 0 radical (unpaired) electrons. The number of benzene rings is 1. The van der Waals surface area contributed by atoms with Crippen LogP contribution in [0.4, 0.5) is 18.9 Å². The summed E-state index contributed by atoms with van der Waals surface area (Å²) < 4.78 is 32.1. The first-order valence-electron chi connectivity index (χ1n) is 5.18. The predicted octanol–water partition coefficient (Wildman–Crippen LogP) is 2.56. The number of hydrogen-bond donors (Lipinski definition) is 1. The van der Waals surface area contributed by atoms with E-state index >= 15 is 0 Å². The summed E-state index contributed by atoms with van der Waals surface area (Å²) in [6.45, 7) is 0. The fraction of sp³-hybridized carbons (Fsp3) is 0.364. The van der Waals surface area contributed by atoms with Crippen molar-refractivity contribution in [2.45, 2.75) is 11.9 Å². The van der Waals surface area contributed by atoms with Gasteiger partial charge in [-0.2, -0.15) is 24.9 Å². The van der Waals surface area contributed by atoms with Crippen LogP contribution in [0.25, 0.3) is 0 Å². The Bertz CT molecular complexity index is 466. The molecule has 0 bridgehead atoms. The van der Waals surface area contributed by atoms with E-state index in [4.69, 9.17) is 4.79 Å². The zero-order chi connectivity index (χ0) is 15.8. The SMILES string of the molecule is CO[N+](=O)c1cccc(CSC)c1.NC(=O)C(F)(F)F. The number of primary amides is 1. The standard InChI is InChI=1S/C9H12NO2S.C2H2F3NO/c1-12-10(11)9-5-3-4-8(6-9)7-13-2;3-2(4,5)1(6)7/h3-6H,7H2,1-2H3;(H2,6,7)/q+1;. The van der Waals surface area contributed by atoms with E-state index in [1.807, 2.05) is 24.5 Å². The molecule has 0 aliphatic heterocycles. The molecule has 0 saturated heterocycles. The summed E-state index contributed by atoms with van der Waals surface area (Å²) in [5.74, 6) is -1.35. The van der Waals surface area contributed by atoms with Gasteiger partial charge in [-0.25, -0.2) is 4.84 Å². The first-order chi connectivity index (χ1) is 9.22. The Labute approximate surface area is 117 Å². The van der Waals surface area contributed by atoms with Crippen LogP contribution in [0.3, 0.4) is 0 Å². The molecule has 0 saturated carbocycles. The molecule has 1 amide bonds. The van der Waals surface area contributed by atoms with Crippen LogP contribution < -0.4 is 5.73 Å². The number of hydrogen-bond acceptors (Lipinski definition) is 4. The van der Waals surface area contributed by atoms with Gasteiger partial charge in [-0.3, -0.25) is 4.79 Å².